The first-order valence-corrected chi connectivity index (χ1v) is 7.97. The van der Waals surface area contributed by atoms with E-state index in [1.807, 2.05) is 6.92 Å². The van der Waals surface area contributed by atoms with Crippen molar-refractivity contribution in [1.82, 2.24) is 5.32 Å². The first-order valence-electron chi connectivity index (χ1n) is 7.97. The maximum atomic E-state index is 5.95. The van der Waals surface area contributed by atoms with Gasteiger partial charge in [-0.1, -0.05) is 30.3 Å². The Balaban J connectivity index is 2.25. The largest absolute Gasteiger partial charge is 0.491 e. The average molecular weight is 301 g/mol. The van der Waals surface area contributed by atoms with E-state index in [1.54, 1.807) is 0 Å². The second kappa shape index (κ2) is 7.61. The maximum absolute atomic E-state index is 5.95. The molecule has 0 aromatic heterocycles. The van der Waals surface area contributed by atoms with E-state index in [2.05, 4.69) is 62.5 Å². The Labute approximate surface area is 133 Å². The van der Waals surface area contributed by atoms with Crippen LogP contribution in [0.15, 0.2) is 36.4 Å². The summed E-state index contributed by atoms with van der Waals surface area (Å²) in [5, 5.41) is 6.05. The quantitative estimate of drug-likeness (QED) is 0.780. The molecule has 3 nitrogen and oxygen atoms in total. The van der Waals surface area contributed by atoms with Crippen LogP contribution in [0.25, 0.3) is 10.8 Å². The third-order valence-electron chi connectivity index (χ3n) is 3.48. The highest BCUT2D eigenvalue weighted by Gasteiger charge is 2.13. The van der Waals surface area contributed by atoms with Crippen LogP contribution in [-0.4, -0.2) is 25.4 Å². The van der Waals surface area contributed by atoms with Crippen LogP contribution in [-0.2, 0) is 11.3 Å². The topological polar surface area (TPSA) is 30.5 Å². The van der Waals surface area contributed by atoms with Gasteiger partial charge in [-0.25, -0.2) is 0 Å². The van der Waals surface area contributed by atoms with Crippen LogP contribution >= 0.6 is 0 Å². The zero-order chi connectivity index (χ0) is 16.0. The molecule has 2 aromatic carbocycles. The molecule has 22 heavy (non-hydrogen) atoms. The average Bonchev–Trinajstić information content (AvgIpc) is 2.49. The Morgan fingerprint density at radius 2 is 1.77 bits per heavy atom. The Bertz CT molecular complexity index is 602. The van der Waals surface area contributed by atoms with Crippen molar-refractivity contribution in [2.45, 2.75) is 39.8 Å². The van der Waals surface area contributed by atoms with E-state index in [0.29, 0.717) is 13.2 Å². The summed E-state index contributed by atoms with van der Waals surface area (Å²) in [6.07, 6.45) is 0. The zero-order valence-corrected chi connectivity index (χ0v) is 14.1. The van der Waals surface area contributed by atoms with E-state index in [9.17, 15) is 0 Å². The minimum atomic E-state index is 0.0690. The maximum Gasteiger partial charge on any atom is 0.124 e. The van der Waals surface area contributed by atoms with E-state index in [0.717, 1.165) is 18.9 Å². The molecule has 0 heterocycles. The fourth-order valence-corrected chi connectivity index (χ4v) is 2.34. The normalized spacial score (nSPS) is 11.8. The summed E-state index contributed by atoms with van der Waals surface area (Å²) in [6.45, 7) is 11.2. The standard InChI is InChI=1S/C19H27NO2/c1-5-21-12-13-22-18-11-10-15-8-6-7-9-16(15)17(18)14-20-19(2,3)4/h6-11,20H,5,12-14H2,1-4H3. The van der Waals surface area contributed by atoms with E-state index >= 15 is 0 Å². The predicted octanol–water partition coefficient (Wildman–Crippen LogP) is 4.14. The summed E-state index contributed by atoms with van der Waals surface area (Å²) in [7, 11) is 0. The lowest BCUT2D eigenvalue weighted by Gasteiger charge is -2.22. The van der Waals surface area contributed by atoms with Crippen molar-refractivity contribution in [3.8, 4) is 5.75 Å². The molecule has 0 saturated heterocycles. The molecule has 0 fully saturated rings. The third-order valence-corrected chi connectivity index (χ3v) is 3.48. The molecule has 0 spiro atoms. The van der Waals surface area contributed by atoms with Gasteiger partial charge in [-0.3, -0.25) is 0 Å². The van der Waals surface area contributed by atoms with E-state index in [-0.39, 0.29) is 5.54 Å². The van der Waals surface area contributed by atoms with Gasteiger partial charge in [0.15, 0.2) is 0 Å². The highest BCUT2D eigenvalue weighted by Crippen LogP contribution is 2.28. The molecule has 120 valence electrons. The van der Waals surface area contributed by atoms with Gasteiger partial charge >= 0.3 is 0 Å². The lowest BCUT2D eigenvalue weighted by Crippen LogP contribution is -2.35. The monoisotopic (exact) mass is 301 g/mol. The van der Waals surface area contributed by atoms with Gasteiger partial charge in [-0.15, -0.1) is 0 Å². The number of fused-ring (bicyclic) bond motifs is 1. The van der Waals surface area contributed by atoms with Gasteiger partial charge < -0.3 is 14.8 Å². The van der Waals surface area contributed by atoms with Crippen LogP contribution < -0.4 is 10.1 Å². The molecule has 1 N–H and O–H groups in total. The van der Waals surface area contributed by atoms with Crippen molar-refractivity contribution < 1.29 is 9.47 Å². The van der Waals surface area contributed by atoms with Crippen LogP contribution in [0.2, 0.25) is 0 Å². The molecule has 2 rings (SSSR count). The summed E-state index contributed by atoms with van der Waals surface area (Å²) >= 11 is 0. The first-order chi connectivity index (χ1) is 10.5. The fourth-order valence-electron chi connectivity index (χ4n) is 2.34. The van der Waals surface area contributed by atoms with Gasteiger partial charge in [-0.05, 0) is 44.5 Å². The van der Waals surface area contributed by atoms with Gasteiger partial charge in [0.1, 0.15) is 12.4 Å². The second-order valence-electron chi connectivity index (χ2n) is 6.41. The molecule has 0 aliphatic heterocycles. The summed E-state index contributed by atoms with van der Waals surface area (Å²) in [5.41, 5.74) is 1.28. The second-order valence-corrected chi connectivity index (χ2v) is 6.41. The number of hydrogen-bond donors (Lipinski definition) is 1. The van der Waals surface area contributed by atoms with Gasteiger partial charge in [0.25, 0.3) is 0 Å². The molecule has 0 radical (unpaired) electrons. The van der Waals surface area contributed by atoms with Gasteiger partial charge in [-0.2, -0.15) is 0 Å². The highest BCUT2D eigenvalue weighted by molar-refractivity contribution is 5.87. The van der Waals surface area contributed by atoms with Crippen LogP contribution in [0.4, 0.5) is 0 Å². The molecule has 3 heteroatoms. The Morgan fingerprint density at radius 1 is 1.00 bits per heavy atom. The van der Waals surface area contributed by atoms with Crippen molar-refractivity contribution in [1.29, 1.82) is 0 Å². The first kappa shape index (κ1) is 16.8. The van der Waals surface area contributed by atoms with Gasteiger partial charge in [0.05, 0.1) is 6.61 Å². The molecule has 2 aromatic rings. The predicted molar refractivity (Wildman–Crippen MR) is 92.5 cm³/mol. The third kappa shape index (κ3) is 4.72. The van der Waals surface area contributed by atoms with E-state index < -0.39 is 0 Å². The molecule has 0 aliphatic carbocycles. The van der Waals surface area contributed by atoms with Gasteiger partial charge in [0.2, 0.25) is 0 Å². The zero-order valence-electron chi connectivity index (χ0n) is 14.1. The summed E-state index contributed by atoms with van der Waals surface area (Å²) < 4.78 is 11.3. The van der Waals surface area contributed by atoms with Crippen molar-refractivity contribution in [2.24, 2.45) is 0 Å². The highest BCUT2D eigenvalue weighted by atomic mass is 16.5. The molecular weight excluding hydrogens is 274 g/mol. The van der Waals surface area contributed by atoms with Gasteiger partial charge in [0, 0.05) is 24.3 Å². The van der Waals surface area contributed by atoms with Crippen LogP contribution in [0, 0.1) is 0 Å². The SMILES string of the molecule is CCOCCOc1ccc2ccccc2c1CNC(C)(C)C. The molecule has 0 aliphatic rings. The lowest BCUT2D eigenvalue weighted by atomic mass is 10.0. The summed E-state index contributed by atoms with van der Waals surface area (Å²) in [4.78, 5) is 0. The van der Waals surface area contributed by atoms with Crippen LogP contribution in [0.3, 0.4) is 0 Å². The number of ether oxygens (including phenoxy) is 2. The molecule has 0 atom stereocenters. The van der Waals surface area contributed by atoms with E-state index in [4.69, 9.17) is 9.47 Å². The minimum Gasteiger partial charge on any atom is -0.491 e. The number of hydrogen-bond acceptors (Lipinski definition) is 3. The van der Waals surface area contributed by atoms with Crippen molar-refractivity contribution in [2.75, 3.05) is 19.8 Å². The molecule has 0 saturated carbocycles. The summed E-state index contributed by atoms with van der Waals surface area (Å²) in [6, 6.07) is 12.6. The number of benzene rings is 2. The van der Waals surface area contributed by atoms with Crippen molar-refractivity contribution in [3.05, 3.63) is 42.0 Å². The number of rotatable bonds is 7. The fraction of sp³-hybridized carbons (Fsp3) is 0.474. The minimum absolute atomic E-state index is 0.0690. The molecule has 0 bridgehead atoms. The molecular formula is C19H27NO2. The Morgan fingerprint density at radius 3 is 2.50 bits per heavy atom. The number of nitrogens with one attached hydrogen (secondary N) is 1. The lowest BCUT2D eigenvalue weighted by molar-refractivity contribution is 0.110. The van der Waals surface area contributed by atoms with E-state index in [1.165, 1.54) is 16.3 Å². The Kier molecular flexibility index (Phi) is 5.81. The summed E-state index contributed by atoms with van der Waals surface area (Å²) in [5.74, 6) is 0.940. The molecule has 0 amide bonds. The smallest absolute Gasteiger partial charge is 0.124 e. The van der Waals surface area contributed by atoms with Crippen molar-refractivity contribution in [3.63, 3.8) is 0 Å². The molecule has 0 unspecified atom stereocenters. The van der Waals surface area contributed by atoms with Crippen LogP contribution in [0.5, 0.6) is 5.75 Å². The van der Waals surface area contributed by atoms with Crippen molar-refractivity contribution >= 4 is 10.8 Å². The Hall–Kier alpha value is -1.58. The van der Waals surface area contributed by atoms with Crippen LogP contribution in [0.1, 0.15) is 33.3 Å².